The summed E-state index contributed by atoms with van der Waals surface area (Å²) < 4.78 is 4.73. The minimum absolute atomic E-state index is 0.122. The normalized spacial score (nSPS) is 10.7. The molecule has 0 aromatic heterocycles. The Morgan fingerprint density at radius 1 is 0.897 bits per heavy atom. The minimum atomic E-state index is -0.516. The molecule has 0 aliphatic heterocycles. The number of rotatable bonds is 5. The second-order valence-corrected chi connectivity index (χ2v) is 6.36. The fourth-order valence-corrected chi connectivity index (χ4v) is 2.88. The molecule has 29 heavy (non-hydrogen) atoms. The summed E-state index contributed by atoms with van der Waals surface area (Å²) in [6.45, 7) is 1.46. The number of benzene rings is 3. The maximum absolute atomic E-state index is 12.3. The number of hydrogen-bond acceptors (Lipinski definition) is 4. The van der Waals surface area contributed by atoms with Crippen LogP contribution in [-0.4, -0.2) is 24.9 Å². The molecule has 2 amide bonds. The van der Waals surface area contributed by atoms with E-state index in [4.69, 9.17) is 4.74 Å². The first-order chi connectivity index (χ1) is 14.0. The van der Waals surface area contributed by atoms with E-state index < -0.39 is 5.97 Å². The number of methoxy groups -OCH3 is 1. The third kappa shape index (κ3) is 5.07. The lowest BCUT2D eigenvalue weighted by atomic mass is 10.1. The molecule has 0 saturated carbocycles. The molecule has 0 atom stereocenters. The molecule has 0 spiro atoms. The van der Waals surface area contributed by atoms with Crippen LogP contribution in [0.1, 0.15) is 22.8 Å². The molecule has 6 heteroatoms. The first-order valence-corrected chi connectivity index (χ1v) is 8.94. The molecule has 3 aromatic carbocycles. The summed E-state index contributed by atoms with van der Waals surface area (Å²) in [5.41, 5.74) is 2.26. The molecule has 0 fully saturated rings. The average Bonchev–Trinajstić information content (AvgIpc) is 2.71. The van der Waals surface area contributed by atoms with Crippen molar-refractivity contribution in [2.75, 3.05) is 17.7 Å². The lowest BCUT2D eigenvalue weighted by molar-refractivity contribution is -0.114. The highest BCUT2D eigenvalue weighted by molar-refractivity contribution is 6.06. The van der Waals surface area contributed by atoms with Crippen LogP contribution in [0, 0.1) is 0 Å². The number of para-hydroxylation sites is 1. The zero-order valence-electron chi connectivity index (χ0n) is 16.1. The Labute approximate surface area is 168 Å². The Morgan fingerprint density at radius 3 is 2.38 bits per heavy atom. The summed E-state index contributed by atoms with van der Waals surface area (Å²) >= 11 is 0. The molecule has 3 rings (SSSR count). The summed E-state index contributed by atoms with van der Waals surface area (Å²) in [6.07, 6.45) is 3.10. The monoisotopic (exact) mass is 388 g/mol. The van der Waals surface area contributed by atoms with Gasteiger partial charge in [-0.1, -0.05) is 30.3 Å². The molecule has 3 aromatic rings. The zero-order valence-corrected chi connectivity index (χ0v) is 16.1. The molecule has 146 valence electrons. The van der Waals surface area contributed by atoms with Crippen molar-refractivity contribution >= 4 is 46.0 Å². The van der Waals surface area contributed by atoms with Crippen LogP contribution in [0.15, 0.2) is 66.7 Å². The van der Waals surface area contributed by atoms with Gasteiger partial charge in [-0.25, -0.2) is 4.79 Å². The van der Waals surface area contributed by atoms with Gasteiger partial charge in [0.2, 0.25) is 11.8 Å². The molecule has 0 unspecified atom stereocenters. The fraction of sp³-hybridized carbons (Fsp3) is 0.0870. The van der Waals surface area contributed by atoms with E-state index in [0.29, 0.717) is 5.69 Å². The average molecular weight is 388 g/mol. The summed E-state index contributed by atoms with van der Waals surface area (Å²) in [7, 11) is 1.29. The van der Waals surface area contributed by atoms with Crippen molar-refractivity contribution in [2.45, 2.75) is 6.92 Å². The zero-order chi connectivity index (χ0) is 20.8. The van der Waals surface area contributed by atoms with Gasteiger partial charge in [0.15, 0.2) is 0 Å². The largest absolute Gasteiger partial charge is 0.465 e. The van der Waals surface area contributed by atoms with E-state index in [1.165, 1.54) is 20.1 Å². The summed E-state index contributed by atoms with van der Waals surface area (Å²) in [6, 6.07) is 18.0. The van der Waals surface area contributed by atoms with Crippen molar-refractivity contribution in [2.24, 2.45) is 0 Å². The van der Waals surface area contributed by atoms with Crippen molar-refractivity contribution in [3.8, 4) is 0 Å². The first-order valence-electron chi connectivity index (χ1n) is 8.94. The molecule has 6 nitrogen and oxygen atoms in total. The van der Waals surface area contributed by atoms with Crippen LogP contribution < -0.4 is 10.6 Å². The summed E-state index contributed by atoms with van der Waals surface area (Å²) in [5, 5.41) is 7.41. The maximum atomic E-state index is 12.3. The van der Waals surface area contributed by atoms with E-state index in [9.17, 15) is 14.4 Å². The Hall–Kier alpha value is -3.93. The van der Waals surface area contributed by atoms with Crippen LogP contribution in [0.3, 0.4) is 0 Å². The van der Waals surface area contributed by atoms with Gasteiger partial charge >= 0.3 is 5.97 Å². The van der Waals surface area contributed by atoms with Gasteiger partial charge in [-0.05, 0) is 52.7 Å². The number of ether oxygens (including phenoxy) is 1. The topological polar surface area (TPSA) is 84.5 Å². The van der Waals surface area contributed by atoms with Crippen molar-refractivity contribution in [1.29, 1.82) is 0 Å². The number of carbonyl (C=O) groups excluding carboxylic acids is 3. The molecule has 0 saturated heterocycles. The number of hydrogen-bond donors (Lipinski definition) is 2. The van der Waals surface area contributed by atoms with Crippen LogP contribution in [0.5, 0.6) is 0 Å². The number of esters is 1. The van der Waals surface area contributed by atoms with Crippen molar-refractivity contribution in [3.63, 3.8) is 0 Å². The van der Waals surface area contributed by atoms with Crippen LogP contribution >= 0.6 is 0 Å². The third-order valence-corrected chi connectivity index (χ3v) is 4.20. The smallest absolute Gasteiger partial charge is 0.339 e. The first kappa shape index (κ1) is 19.8. The Bertz CT molecular complexity index is 1120. The van der Waals surface area contributed by atoms with Gasteiger partial charge in [0.05, 0.1) is 18.4 Å². The van der Waals surface area contributed by atoms with Crippen molar-refractivity contribution in [3.05, 3.63) is 77.9 Å². The maximum Gasteiger partial charge on any atom is 0.339 e. The van der Waals surface area contributed by atoms with E-state index in [2.05, 4.69) is 10.6 Å². The van der Waals surface area contributed by atoms with Gasteiger partial charge < -0.3 is 15.4 Å². The van der Waals surface area contributed by atoms with Gasteiger partial charge in [0.25, 0.3) is 0 Å². The lowest BCUT2D eigenvalue weighted by Crippen LogP contribution is -2.12. The number of anilines is 2. The molecule has 0 aliphatic carbocycles. The SMILES string of the molecule is COC(=O)c1ccccc1NC(=O)/C=C/c1ccc2cc(NC(C)=O)ccc2c1. The van der Waals surface area contributed by atoms with Crippen molar-refractivity contribution in [1.82, 2.24) is 0 Å². The van der Waals surface area contributed by atoms with Crippen LogP contribution in [0.2, 0.25) is 0 Å². The highest BCUT2D eigenvalue weighted by atomic mass is 16.5. The van der Waals surface area contributed by atoms with E-state index in [-0.39, 0.29) is 17.4 Å². The molecular weight excluding hydrogens is 368 g/mol. The Balaban J connectivity index is 1.74. The standard InChI is InChI=1S/C23H20N2O4/c1-15(26)24-19-11-10-17-13-16(7-9-18(17)14-19)8-12-22(27)25-21-6-4-3-5-20(21)23(28)29-2/h3-14H,1-2H3,(H,24,26)(H,25,27)/b12-8+. The minimum Gasteiger partial charge on any atom is -0.465 e. The van der Waals surface area contributed by atoms with Gasteiger partial charge in [0, 0.05) is 18.7 Å². The fourth-order valence-electron chi connectivity index (χ4n) is 2.88. The quantitative estimate of drug-likeness (QED) is 0.506. The van der Waals surface area contributed by atoms with E-state index in [1.807, 2.05) is 36.4 Å². The second-order valence-electron chi connectivity index (χ2n) is 6.36. The molecular formula is C23H20N2O4. The number of amides is 2. The van der Waals surface area contributed by atoms with Crippen LogP contribution in [-0.2, 0) is 14.3 Å². The van der Waals surface area contributed by atoms with Crippen LogP contribution in [0.4, 0.5) is 11.4 Å². The highest BCUT2D eigenvalue weighted by Gasteiger charge is 2.12. The Kier molecular flexibility index (Phi) is 6.04. The van der Waals surface area contributed by atoms with E-state index in [1.54, 1.807) is 30.3 Å². The molecule has 0 radical (unpaired) electrons. The second kappa shape index (κ2) is 8.84. The predicted octanol–water partition coefficient (Wildman–Crippen LogP) is 4.24. The van der Waals surface area contributed by atoms with Gasteiger partial charge in [-0.2, -0.15) is 0 Å². The van der Waals surface area contributed by atoms with E-state index in [0.717, 1.165) is 22.0 Å². The molecule has 2 N–H and O–H groups in total. The van der Waals surface area contributed by atoms with Gasteiger partial charge in [-0.3, -0.25) is 9.59 Å². The van der Waals surface area contributed by atoms with Gasteiger partial charge in [0.1, 0.15) is 0 Å². The third-order valence-electron chi connectivity index (χ3n) is 4.20. The molecule has 0 aliphatic rings. The molecule has 0 bridgehead atoms. The van der Waals surface area contributed by atoms with Crippen molar-refractivity contribution < 1.29 is 19.1 Å². The van der Waals surface area contributed by atoms with E-state index >= 15 is 0 Å². The summed E-state index contributed by atoms with van der Waals surface area (Å²) in [5.74, 6) is -0.996. The van der Waals surface area contributed by atoms with Gasteiger partial charge in [-0.15, -0.1) is 0 Å². The number of nitrogens with one attached hydrogen (secondary N) is 2. The van der Waals surface area contributed by atoms with Crippen LogP contribution in [0.25, 0.3) is 16.8 Å². The Morgan fingerprint density at radius 2 is 1.62 bits per heavy atom. The molecule has 0 heterocycles. The highest BCUT2D eigenvalue weighted by Crippen LogP contribution is 2.21. The predicted molar refractivity (Wildman–Crippen MR) is 114 cm³/mol. The lowest BCUT2D eigenvalue weighted by Gasteiger charge is -2.08. The number of carbonyl (C=O) groups is 3. The summed E-state index contributed by atoms with van der Waals surface area (Å²) in [4.78, 5) is 35.2. The number of fused-ring (bicyclic) bond motifs is 1.